The molecule has 10 heteroatoms. The summed E-state index contributed by atoms with van der Waals surface area (Å²) in [6.45, 7) is 1.70. The van der Waals surface area contributed by atoms with E-state index in [0.717, 1.165) is 17.8 Å². The normalized spacial score (nSPS) is 11.7. The molecule has 2 aromatic heterocycles. The van der Waals surface area contributed by atoms with Crippen LogP contribution in [0.3, 0.4) is 0 Å². The summed E-state index contributed by atoms with van der Waals surface area (Å²) in [4.78, 5) is 17.0. The standard InChI is InChI=1S/C12H10N4O3S3/c1-6-10(21-16-15-6)11(17)14-12-13-8-4-3-7(22(2,18)19)5-9(8)20-12/h3-5H,1-2H3,(H,13,14,17). The lowest BCUT2D eigenvalue weighted by Gasteiger charge is -1.97. The molecule has 0 aliphatic rings. The molecule has 0 radical (unpaired) electrons. The maximum Gasteiger partial charge on any atom is 0.271 e. The van der Waals surface area contributed by atoms with Crippen LogP contribution in [0, 0.1) is 6.92 Å². The number of carbonyl (C=O) groups excluding carboxylic acids is 1. The zero-order valence-corrected chi connectivity index (χ0v) is 14.0. The Balaban J connectivity index is 1.93. The van der Waals surface area contributed by atoms with E-state index in [1.165, 1.54) is 17.4 Å². The van der Waals surface area contributed by atoms with Crippen molar-refractivity contribution >= 4 is 54.0 Å². The molecule has 1 aromatic carbocycles. The molecule has 0 fully saturated rings. The van der Waals surface area contributed by atoms with Gasteiger partial charge in [0.2, 0.25) is 0 Å². The summed E-state index contributed by atoms with van der Waals surface area (Å²) >= 11 is 2.23. The molecule has 0 aliphatic carbocycles. The molecule has 0 saturated carbocycles. The van der Waals surface area contributed by atoms with E-state index in [1.54, 1.807) is 19.1 Å². The second-order valence-electron chi connectivity index (χ2n) is 4.56. The molecule has 0 unspecified atom stereocenters. The summed E-state index contributed by atoms with van der Waals surface area (Å²) in [7, 11) is -3.27. The maximum absolute atomic E-state index is 12.1. The predicted octanol–water partition coefficient (Wildman–Crippen LogP) is 2.11. The number of sulfone groups is 1. The molecule has 0 bridgehead atoms. The van der Waals surface area contributed by atoms with E-state index in [-0.39, 0.29) is 10.8 Å². The molecule has 0 saturated heterocycles. The Morgan fingerprint density at radius 3 is 2.73 bits per heavy atom. The first-order valence-electron chi connectivity index (χ1n) is 6.05. The van der Waals surface area contributed by atoms with Crippen molar-refractivity contribution in [2.24, 2.45) is 0 Å². The zero-order chi connectivity index (χ0) is 15.9. The number of nitrogens with one attached hydrogen (secondary N) is 1. The molecule has 0 spiro atoms. The van der Waals surface area contributed by atoms with Gasteiger partial charge in [0.15, 0.2) is 15.0 Å². The zero-order valence-electron chi connectivity index (χ0n) is 11.5. The lowest BCUT2D eigenvalue weighted by atomic mass is 10.3. The lowest BCUT2D eigenvalue weighted by molar-refractivity contribution is 0.103. The third-order valence-electron chi connectivity index (χ3n) is 2.87. The second-order valence-corrected chi connectivity index (χ2v) is 8.36. The second kappa shape index (κ2) is 5.38. The fraction of sp³-hybridized carbons (Fsp3) is 0.167. The summed E-state index contributed by atoms with van der Waals surface area (Å²) in [6, 6.07) is 4.68. The van der Waals surface area contributed by atoms with Crippen LogP contribution in [0.4, 0.5) is 5.13 Å². The predicted molar refractivity (Wildman–Crippen MR) is 85.3 cm³/mol. The van der Waals surface area contributed by atoms with E-state index in [0.29, 0.717) is 25.9 Å². The number of rotatable bonds is 3. The molecule has 3 rings (SSSR count). The van der Waals surface area contributed by atoms with Gasteiger partial charge >= 0.3 is 0 Å². The molecular formula is C12H10N4O3S3. The first-order chi connectivity index (χ1) is 10.3. The molecule has 7 nitrogen and oxygen atoms in total. The molecule has 3 aromatic rings. The highest BCUT2D eigenvalue weighted by Crippen LogP contribution is 2.28. The van der Waals surface area contributed by atoms with Crippen LogP contribution in [0.1, 0.15) is 15.4 Å². The summed E-state index contributed by atoms with van der Waals surface area (Å²) in [5.74, 6) is -0.324. The lowest BCUT2D eigenvalue weighted by Crippen LogP contribution is -2.11. The van der Waals surface area contributed by atoms with Gasteiger partial charge in [-0.1, -0.05) is 15.8 Å². The molecule has 1 N–H and O–H groups in total. The molecular weight excluding hydrogens is 344 g/mol. The molecule has 0 atom stereocenters. The van der Waals surface area contributed by atoms with Crippen LogP contribution in [-0.2, 0) is 9.84 Å². The van der Waals surface area contributed by atoms with Crippen molar-refractivity contribution in [3.63, 3.8) is 0 Å². The Bertz CT molecular complexity index is 975. The molecule has 2 heterocycles. The van der Waals surface area contributed by atoms with E-state index in [4.69, 9.17) is 0 Å². The minimum absolute atomic E-state index is 0.226. The molecule has 114 valence electrons. The molecule has 1 amide bonds. The number of fused-ring (bicyclic) bond motifs is 1. The van der Waals surface area contributed by atoms with Gasteiger partial charge in [0.1, 0.15) is 4.88 Å². The highest BCUT2D eigenvalue weighted by Gasteiger charge is 2.16. The smallest absolute Gasteiger partial charge is 0.271 e. The van der Waals surface area contributed by atoms with Crippen molar-refractivity contribution in [3.8, 4) is 0 Å². The van der Waals surface area contributed by atoms with Crippen molar-refractivity contribution in [1.82, 2.24) is 14.6 Å². The van der Waals surface area contributed by atoms with E-state index in [2.05, 4.69) is 19.9 Å². The highest BCUT2D eigenvalue weighted by molar-refractivity contribution is 7.90. The number of carbonyl (C=O) groups is 1. The number of aromatic nitrogens is 3. The molecule has 0 aliphatic heterocycles. The van der Waals surface area contributed by atoms with Crippen molar-refractivity contribution in [1.29, 1.82) is 0 Å². The Hall–Kier alpha value is -1.91. The van der Waals surface area contributed by atoms with Gasteiger partial charge in [-0.15, -0.1) is 5.10 Å². The van der Waals surface area contributed by atoms with Crippen LogP contribution >= 0.6 is 22.9 Å². The van der Waals surface area contributed by atoms with Gasteiger partial charge in [-0.05, 0) is 36.7 Å². The van der Waals surface area contributed by atoms with Crippen LogP contribution in [0.5, 0.6) is 0 Å². The van der Waals surface area contributed by atoms with Gasteiger partial charge in [0.25, 0.3) is 5.91 Å². The first kappa shape index (κ1) is 15.0. The number of benzene rings is 1. The third-order valence-corrected chi connectivity index (χ3v) is 5.74. The van der Waals surface area contributed by atoms with Crippen LogP contribution in [0.25, 0.3) is 10.2 Å². The van der Waals surface area contributed by atoms with Gasteiger partial charge in [0.05, 0.1) is 20.8 Å². The first-order valence-corrected chi connectivity index (χ1v) is 9.53. The highest BCUT2D eigenvalue weighted by atomic mass is 32.2. The van der Waals surface area contributed by atoms with Crippen molar-refractivity contribution < 1.29 is 13.2 Å². The number of thiazole rings is 1. The van der Waals surface area contributed by atoms with Crippen LogP contribution < -0.4 is 5.32 Å². The minimum Gasteiger partial charge on any atom is -0.297 e. The van der Waals surface area contributed by atoms with Gasteiger partial charge in [-0.25, -0.2) is 13.4 Å². The topological polar surface area (TPSA) is 102 Å². The van der Waals surface area contributed by atoms with Crippen LogP contribution in [0.15, 0.2) is 23.1 Å². The van der Waals surface area contributed by atoms with Gasteiger partial charge < -0.3 is 0 Å². The van der Waals surface area contributed by atoms with E-state index < -0.39 is 9.84 Å². The Labute approximate surface area is 134 Å². The number of hydrogen-bond donors (Lipinski definition) is 1. The van der Waals surface area contributed by atoms with Crippen molar-refractivity contribution in [2.75, 3.05) is 11.6 Å². The number of hydrogen-bond acceptors (Lipinski definition) is 8. The van der Waals surface area contributed by atoms with Crippen molar-refractivity contribution in [3.05, 3.63) is 28.8 Å². The minimum atomic E-state index is -3.27. The van der Waals surface area contributed by atoms with Gasteiger partial charge in [0, 0.05) is 6.26 Å². The summed E-state index contributed by atoms with van der Waals surface area (Å²) in [5.41, 5.74) is 1.19. The van der Waals surface area contributed by atoms with Crippen LogP contribution in [-0.4, -0.2) is 35.2 Å². The SMILES string of the molecule is Cc1nnsc1C(=O)Nc1nc2ccc(S(C)(=O)=O)cc2s1. The third kappa shape index (κ3) is 2.85. The summed E-state index contributed by atoms with van der Waals surface area (Å²) < 4.78 is 27.5. The largest absolute Gasteiger partial charge is 0.297 e. The Morgan fingerprint density at radius 1 is 1.32 bits per heavy atom. The fourth-order valence-corrected chi connectivity index (χ4v) is 3.96. The number of aryl methyl sites for hydroxylation is 1. The quantitative estimate of drug-likeness (QED) is 0.773. The van der Waals surface area contributed by atoms with Crippen LogP contribution in [0.2, 0.25) is 0 Å². The van der Waals surface area contributed by atoms with E-state index in [1.807, 2.05) is 0 Å². The Morgan fingerprint density at radius 2 is 2.09 bits per heavy atom. The molecule has 22 heavy (non-hydrogen) atoms. The number of amides is 1. The summed E-state index contributed by atoms with van der Waals surface area (Å²) in [6.07, 6.45) is 1.15. The fourth-order valence-electron chi connectivity index (χ4n) is 1.78. The van der Waals surface area contributed by atoms with E-state index >= 15 is 0 Å². The van der Waals surface area contributed by atoms with Gasteiger partial charge in [-0.2, -0.15) is 0 Å². The number of nitrogens with zero attached hydrogens (tertiary/aromatic N) is 3. The maximum atomic E-state index is 12.1. The van der Waals surface area contributed by atoms with E-state index in [9.17, 15) is 13.2 Å². The van der Waals surface area contributed by atoms with Gasteiger partial charge in [-0.3, -0.25) is 10.1 Å². The van der Waals surface area contributed by atoms with Crippen molar-refractivity contribution in [2.45, 2.75) is 11.8 Å². The number of anilines is 1. The monoisotopic (exact) mass is 354 g/mol. The summed E-state index contributed by atoms with van der Waals surface area (Å²) in [5, 5.41) is 6.87. The average molecular weight is 354 g/mol. The Kier molecular flexibility index (Phi) is 3.67. The average Bonchev–Trinajstić information content (AvgIpc) is 3.01.